The van der Waals surface area contributed by atoms with Crippen molar-refractivity contribution in [1.82, 2.24) is 19.5 Å². The highest BCUT2D eigenvalue weighted by Crippen LogP contribution is 2.66. The molecule has 2 aromatic rings. The highest BCUT2D eigenvalue weighted by molar-refractivity contribution is 7.66. The molecule has 206 valence electrons. The van der Waals surface area contributed by atoms with Gasteiger partial charge in [0.25, 0.3) is 11.5 Å². The maximum absolute atomic E-state index is 14.5. The predicted octanol–water partition coefficient (Wildman–Crippen LogP) is 0.671. The summed E-state index contributed by atoms with van der Waals surface area (Å²) in [6, 6.07) is 0. The van der Waals surface area contributed by atoms with E-state index in [1.807, 2.05) is 0 Å². The van der Waals surface area contributed by atoms with Gasteiger partial charge in [-0.3, -0.25) is 18.9 Å². The van der Waals surface area contributed by atoms with Crippen LogP contribution in [0.4, 0.5) is 10.3 Å². The van der Waals surface area contributed by atoms with Gasteiger partial charge in [0.1, 0.15) is 12.3 Å². The predicted molar refractivity (Wildman–Crippen MR) is 114 cm³/mol. The molecule has 0 aliphatic carbocycles. The normalized spacial score (nSPS) is 25.2. The van der Waals surface area contributed by atoms with Crippen LogP contribution in [-0.4, -0.2) is 63.9 Å². The number of nitrogens with two attached hydrogens (primary N) is 1. The molecule has 0 aromatic carbocycles. The minimum atomic E-state index is -5.80. The Hall–Kier alpha value is -2.28. The Kier molecular flexibility index (Phi) is 8.28. The second-order valence-electron chi connectivity index (χ2n) is 7.24. The van der Waals surface area contributed by atoms with Gasteiger partial charge in [-0.05, 0) is 10.6 Å². The Bertz CT molecular complexity index is 1420. The number of anilines is 1. The summed E-state index contributed by atoms with van der Waals surface area (Å²) in [6.45, 7) is -0.270. The Morgan fingerprint density at radius 3 is 2.65 bits per heavy atom. The molecule has 1 aliphatic heterocycles. The third kappa shape index (κ3) is 7.86. The van der Waals surface area contributed by atoms with Gasteiger partial charge in [0.2, 0.25) is 5.95 Å². The number of ether oxygens (including phenoxy) is 2. The SMILES string of the molecule is C[C@@](F)(N=[N+]=[N-])OC1C[C@H](n2cnc3c(=O)[nH]c(N)nc32)O[C@@H]1COP(=O)(O)OP(=O)(O)OP(=O)(O)O. The van der Waals surface area contributed by atoms with E-state index in [1.54, 1.807) is 0 Å². The molecule has 37 heavy (non-hydrogen) atoms. The zero-order valence-electron chi connectivity index (χ0n) is 18.2. The number of phosphoric acid groups is 3. The van der Waals surface area contributed by atoms with E-state index in [4.69, 9.17) is 30.5 Å². The van der Waals surface area contributed by atoms with Crippen LogP contribution in [0.1, 0.15) is 19.6 Å². The monoisotopic (exact) mass is 594 g/mol. The third-order valence-electron chi connectivity index (χ3n) is 4.35. The molecule has 1 saturated heterocycles. The number of rotatable bonds is 11. The molecule has 1 aliphatic rings. The first-order valence-corrected chi connectivity index (χ1v) is 14.0. The van der Waals surface area contributed by atoms with Crippen LogP contribution in [0, 0.1) is 0 Å². The summed E-state index contributed by atoms with van der Waals surface area (Å²) in [7, 11) is -17.0. The Morgan fingerprint density at radius 1 is 1.35 bits per heavy atom. The van der Waals surface area contributed by atoms with Gasteiger partial charge in [-0.1, -0.05) is 0 Å². The van der Waals surface area contributed by atoms with E-state index in [2.05, 4.69) is 38.1 Å². The number of aromatic amines is 1. The number of hydrogen-bond donors (Lipinski definition) is 6. The maximum Gasteiger partial charge on any atom is 0.490 e. The van der Waals surface area contributed by atoms with Crippen LogP contribution in [0.15, 0.2) is 16.2 Å². The second-order valence-corrected chi connectivity index (χ2v) is 11.7. The van der Waals surface area contributed by atoms with Gasteiger partial charge in [0.15, 0.2) is 11.2 Å². The van der Waals surface area contributed by atoms with Crippen molar-refractivity contribution in [2.75, 3.05) is 12.3 Å². The average Bonchev–Trinajstić information content (AvgIpc) is 3.27. The highest BCUT2D eigenvalue weighted by atomic mass is 31.3. The zero-order valence-corrected chi connectivity index (χ0v) is 20.9. The molecule has 7 N–H and O–H groups in total. The van der Waals surface area contributed by atoms with Crippen molar-refractivity contribution in [3.63, 3.8) is 0 Å². The first kappa shape index (κ1) is 29.3. The number of phosphoric ester groups is 1. The summed E-state index contributed by atoms with van der Waals surface area (Å²) < 4.78 is 72.5. The number of fused-ring (bicyclic) bond motifs is 1. The Morgan fingerprint density at radius 2 is 2.03 bits per heavy atom. The quantitative estimate of drug-likeness (QED) is 0.0684. The van der Waals surface area contributed by atoms with E-state index in [-0.39, 0.29) is 23.5 Å². The standard InChI is InChI=1S/C12H18FN8O13P3/c1-12(13,19-20-15)32-5-2-7(21-4-16-8-9(21)17-11(14)18-10(8)22)31-6(5)3-30-36(26,27)34-37(28,29)33-35(23,24)25/h4-7H,2-3H2,1H3,(H,26,27)(H,28,29)(H2,23,24,25)(H3,14,17,18,22)/t5?,6-,7-,12-/m1/s1. The number of halogens is 1. The van der Waals surface area contributed by atoms with Gasteiger partial charge in [0, 0.05) is 18.3 Å². The number of aromatic nitrogens is 4. The number of nitrogen functional groups attached to an aromatic ring is 1. The lowest BCUT2D eigenvalue weighted by atomic mass is 10.2. The molecule has 3 heterocycles. The molecule has 0 radical (unpaired) electrons. The van der Waals surface area contributed by atoms with Crippen molar-refractivity contribution in [3.05, 3.63) is 27.1 Å². The van der Waals surface area contributed by atoms with Gasteiger partial charge in [-0.15, -0.1) is 0 Å². The molecule has 0 saturated carbocycles. The summed E-state index contributed by atoms with van der Waals surface area (Å²) in [4.78, 5) is 60.5. The number of alkyl halides is 1. The van der Waals surface area contributed by atoms with E-state index >= 15 is 0 Å². The van der Waals surface area contributed by atoms with Crippen molar-refractivity contribution >= 4 is 40.6 Å². The summed E-state index contributed by atoms with van der Waals surface area (Å²) >= 11 is 0. The zero-order chi connectivity index (χ0) is 27.8. The van der Waals surface area contributed by atoms with E-state index in [0.29, 0.717) is 0 Å². The minimum absolute atomic E-state index is 0.0587. The Balaban J connectivity index is 1.83. The summed E-state index contributed by atoms with van der Waals surface area (Å²) in [5, 5.41) is 2.82. The minimum Gasteiger partial charge on any atom is -0.369 e. The summed E-state index contributed by atoms with van der Waals surface area (Å²) in [5.41, 5.74) is 13.2. The van der Waals surface area contributed by atoms with Crippen LogP contribution in [0.5, 0.6) is 0 Å². The van der Waals surface area contributed by atoms with Crippen molar-refractivity contribution < 1.29 is 60.3 Å². The van der Waals surface area contributed by atoms with Gasteiger partial charge >= 0.3 is 23.5 Å². The van der Waals surface area contributed by atoms with E-state index in [0.717, 1.165) is 13.3 Å². The fraction of sp³-hybridized carbons (Fsp3) is 0.583. The molecular formula is C12H18FN8O13P3. The van der Waals surface area contributed by atoms with Crippen LogP contribution in [0.25, 0.3) is 21.6 Å². The van der Waals surface area contributed by atoms with E-state index in [1.165, 1.54) is 4.57 Å². The molecule has 3 unspecified atom stereocenters. The van der Waals surface area contributed by atoms with Crippen LogP contribution in [-0.2, 0) is 36.3 Å². The van der Waals surface area contributed by atoms with Crippen LogP contribution >= 0.6 is 23.5 Å². The van der Waals surface area contributed by atoms with Gasteiger partial charge < -0.3 is 34.8 Å². The molecule has 0 amide bonds. The number of imidazole rings is 1. The smallest absolute Gasteiger partial charge is 0.369 e. The lowest BCUT2D eigenvalue weighted by molar-refractivity contribution is -0.178. The molecule has 0 bridgehead atoms. The molecule has 3 rings (SSSR count). The van der Waals surface area contributed by atoms with E-state index < -0.39 is 60.0 Å². The first-order chi connectivity index (χ1) is 16.9. The molecule has 1 fully saturated rings. The van der Waals surface area contributed by atoms with Crippen molar-refractivity contribution in [2.24, 2.45) is 5.11 Å². The second kappa shape index (κ2) is 10.5. The maximum atomic E-state index is 14.5. The van der Waals surface area contributed by atoms with Gasteiger partial charge in [-0.2, -0.15) is 13.6 Å². The van der Waals surface area contributed by atoms with Crippen LogP contribution in [0.3, 0.4) is 0 Å². The molecule has 21 nitrogen and oxygen atoms in total. The lowest BCUT2D eigenvalue weighted by Gasteiger charge is -2.24. The van der Waals surface area contributed by atoms with E-state index in [9.17, 15) is 32.7 Å². The Labute approximate surface area is 203 Å². The fourth-order valence-electron chi connectivity index (χ4n) is 3.15. The topological polar surface area (TPSA) is 317 Å². The lowest BCUT2D eigenvalue weighted by Crippen LogP contribution is -2.35. The molecular weight excluding hydrogens is 576 g/mol. The number of azide groups is 1. The van der Waals surface area contributed by atoms with Crippen molar-refractivity contribution in [1.29, 1.82) is 0 Å². The van der Waals surface area contributed by atoms with Crippen molar-refractivity contribution in [2.45, 2.75) is 37.8 Å². The highest BCUT2D eigenvalue weighted by Gasteiger charge is 2.45. The summed E-state index contributed by atoms with van der Waals surface area (Å²) in [5.74, 6) is -3.21. The number of H-pyrrole nitrogens is 1. The van der Waals surface area contributed by atoms with Gasteiger partial charge in [-0.25, -0.2) is 23.1 Å². The van der Waals surface area contributed by atoms with Crippen LogP contribution in [0.2, 0.25) is 0 Å². The molecule has 6 atom stereocenters. The molecule has 25 heteroatoms. The fourth-order valence-corrected chi connectivity index (χ4v) is 6.18. The number of hydrogen-bond acceptors (Lipinski definition) is 13. The number of nitrogens with one attached hydrogen (secondary N) is 1. The first-order valence-electron chi connectivity index (χ1n) is 9.49. The molecule has 0 spiro atoms. The van der Waals surface area contributed by atoms with Crippen LogP contribution < -0.4 is 11.3 Å². The average molecular weight is 594 g/mol. The summed E-state index contributed by atoms with van der Waals surface area (Å²) in [6.07, 6.45) is -3.16. The molecule has 2 aromatic heterocycles. The third-order valence-corrected chi connectivity index (χ3v) is 8.15. The van der Waals surface area contributed by atoms with Crippen molar-refractivity contribution in [3.8, 4) is 0 Å². The van der Waals surface area contributed by atoms with Gasteiger partial charge in [0.05, 0.1) is 19.0 Å². The largest absolute Gasteiger partial charge is 0.490 e. The number of nitrogens with zero attached hydrogens (tertiary/aromatic N) is 6.